The number of aliphatic hydroxyl groups is 1. The largest absolute Gasteiger partial charge is 0.515 e. The summed E-state index contributed by atoms with van der Waals surface area (Å²) in [6, 6.07) is 42.6. The summed E-state index contributed by atoms with van der Waals surface area (Å²) in [5.74, 6) is 8.18. The van der Waals surface area contributed by atoms with E-state index in [0.29, 0.717) is 105 Å². The summed E-state index contributed by atoms with van der Waals surface area (Å²) in [5.41, 5.74) is 24.9. The van der Waals surface area contributed by atoms with E-state index >= 15 is 0 Å². The molecule has 3 aliphatic heterocycles. The maximum atomic E-state index is 13.4. The van der Waals surface area contributed by atoms with Gasteiger partial charge in [-0.3, -0.25) is 24.0 Å². The van der Waals surface area contributed by atoms with Gasteiger partial charge < -0.3 is 56.3 Å². The van der Waals surface area contributed by atoms with Crippen molar-refractivity contribution in [3.8, 4) is 22.7 Å². The van der Waals surface area contributed by atoms with Gasteiger partial charge in [0.2, 0.25) is 5.78 Å². The molecule has 15 aliphatic rings. The Morgan fingerprint density at radius 1 is 0.370 bits per heavy atom. The molecule has 6 saturated carbocycles. The van der Waals surface area contributed by atoms with Gasteiger partial charge in [0.05, 0.1) is 74.9 Å². The van der Waals surface area contributed by atoms with E-state index < -0.39 is 17.0 Å². The van der Waals surface area contributed by atoms with Crippen molar-refractivity contribution in [1.29, 1.82) is 0 Å². The molecule has 22 heteroatoms. The minimum atomic E-state index is -0.495. The summed E-state index contributed by atoms with van der Waals surface area (Å²) in [6.45, 7) is 49.9. The number of para-hydroxylation sites is 4. The zero-order valence-electron chi connectivity index (χ0n) is 90.4. The maximum Gasteiger partial charge on any atom is 0.204 e. The van der Waals surface area contributed by atoms with Gasteiger partial charge in [0.15, 0.2) is 34.7 Å². The van der Waals surface area contributed by atoms with E-state index in [4.69, 9.17) is 52.9 Å². The van der Waals surface area contributed by atoms with Crippen molar-refractivity contribution < 1.29 is 62.0 Å². The van der Waals surface area contributed by atoms with Gasteiger partial charge in [-0.25, -0.2) is 19.9 Å². The van der Waals surface area contributed by atoms with Crippen LogP contribution >= 0.6 is 0 Å². The molecule has 10 aromatic rings. The fraction of sp³-hybridized carbons (Fsp3) is 0.565. The number of hydrogen-bond donors (Lipinski definition) is 1. The molecule has 25 rings (SSSR count). The molecule has 5 aromatic heterocycles. The zero-order chi connectivity index (χ0) is 103. The molecule has 9 fully saturated rings. The second kappa shape index (κ2) is 39.2. The standard InChI is InChI=1S/C23H30N2O2.C22H25N3O.C22H26N2O2.C22H28O3.C21H26N2O.C14H20O4/c1-15-7-5-6-8-19(15)25-17(3)24-21-20(25)10-9-18-16(2)23(26-13-14-27-23)12-11-22(18,21)4;1-13-7-5-6-8-18(13)25-15(3)24-21-19(25)10-9-17-14(2)20-16(12-23-26-20)11-22(17,21)4;1-13-7-5-6-8-18(13)24-15(3)23-21-19(24)10-9-17-14(2)20(26)16(12-25)11-22(17,21)4;1-15-6-4-5-7-17(15)14-18-8-9-19-16(2)22(24-12-13-25-22)11-10-21(19,3)20(18)23;1-13-7-5-6-8-17(13)23-15(3)22-20-18(23)10-9-16-14(2)19(24)11-12-21(16,20)4;1-9-10-3-4-11(15)12(16)13(10,2)5-6-14(9)17-7-8-18-14/h5-8,16,18H,9-14H2,1-4H3;5-8,12,14,17H,9-11H2,1-4H3;5-8,12,14,17,25H,9-11H2,1-4H3;4-8,16,19H,9-14H2,1-3H3;5-8,14,16H,9-12H2,1-4H3;9-10H,3-8H2,1-2H3/b;;16-12-;;;/t16-,18-,22-;2*14-,17-,22-;16-,19-,21-;14-,16-,21-;9-,10-,13-/m000000/s1. The van der Waals surface area contributed by atoms with Crippen LogP contribution in [0.25, 0.3) is 22.7 Å². The average Bonchev–Trinajstić information content (AvgIpc) is 1.54. The Kier molecular flexibility index (Phi) is 27.5. The minimum absolute atomic E-state index is 0.0413. The van der Waals surface area contributed by atoms with Gasteiger partial charge in [0.25, 0.3) is 0 Å². The summed E-state index contributed by atoms with van der Waals surface area (Å²) in [7, 11) is 0. The molecule has 774 valence electrons. The number of ether oxygens (including phenoxy) is 6. The molecule has 3 spiro atoms. The van der Waals surface area contributed by atoms with Gasteiger partial charge in [-0.05, 0) is 264 Å². The molecule has 12 aliphatic carbocycles. The molecule has 1 N–H and O–H groups in total. The van der Waals surface area contributed by atoms with Crippen LogP contribution in [-0.4, -0.2) is 134 Å². The summed E-state index contributed by atoms with van der Waals surface area (Å²) in [6.07, 6.45) is 24.8. The molecular formula is C124H155N9O13. The number of aliphatic hydroxyl groups excluding tert-OH is 1. The highest BCUT2D eigenvalue weighted by Crippen LogP contribution is 2.63. The van der Waals surface area contributed by atoms with Crippen LogP contribution in [-0.2, 0) is 113 Å². The number of ketones is 5. The zero-order valence-corrected chi connectivity index (χ0v) is 90.4. The molecule has 8 heterocycles. The van der Waals surface area contributed by atoms with Crippen LogP contribution in [0.2, 0.25) is 0 Å². The van der Waals surface area contributed by atoms with Crippen LogP contribution in [0.4, 0.5) is 0 Å². The van der Waals surface area contributed by atoms with E-state index in [9.17, 15) is 29.1 Å². The number of nitrogens with zero attached hydrogens (tertiary/aromatic N) is 9. The number of benzene rings is 5. The smallest absolute Gasteiger partial charge is 0.204 e. The Hall–Kier alpha value is -10.5. The van der Waals surface area contributed by atoms with Gasteiger partial charge in [-0.15, -0.1) is 0 Å². The number of hydrogen-bond acceptors (Lipinski definition) is 18. The van der Waals surface area contributed by atoms with Crippen LogP contribution in [0.5, 0.6) is 0 Å². The van der Waals surface area contributed by atoms with Crippen molar-refractivity contribution in [1.82, 2.24) is 43.4 Å². The molecule has 0 amide bonds. The minimum Gasteiger partial charge on any atom is -0.515 e. The Morgan fingerprint density at radius 2 is 0.719 bits per heavy atom. The van der Waals surface area contributed by atoms with Crippen molar-refractivity contribution in [2.45, 2.75) is 332 Å². The SMILES string of the molecule is C[C@H]1[C@@H]2CCC(=O)C(=O)[C@@]2(C)CCC12OCCO2.Cc1ccccc1-n1c(C)nc2c1CC[C@H]1[C@H](C)C(=O)/C(=C\O)C[C@]21C.Cc1ccccc1-n1c(C)nc2c1CC[C@H]1[C@H](C)C(=O)CC[C@]21C.Cc1ccccc1-n1c(C)nc2c1CC[C@H]1[C@H](C)C3(CC[C@]21C)OCCO3.Cc1ccccc1-n1c(C)nc2c1CC[C@H]1[C@H](C)c3oncc3C[C@]21C.Cc1ccccc1CC1=CC[C@H]2[C@H](C)C3(CC[C@]2(C)C1=O)OCCO3. The lowest BCUT2D eigenvalue weighted by Crippen LogP contribution is -2.57. The summed E-state index contributed by atoms with van der Waals surface area (Å²) in [4.78, 5) is 82.3. The monoisotopic (exact) mass is 1980 g/mol. The summed E-state index contributed by atoms with van der Waals surface area (Å²) >= 11 is 0. The van der Waals surface area contributed by atoms with E-state index in [2.05, 4.69) is 282 Å². The highest BCUT2D eigenvalue weighted by atomic mass is 16.7. The van der Waals surface area contributed by atoms with E-state index in [1.165, 1.54) is 114 Å². The predicted octanol–water partition coefficient (Wildman–Crippen LogP) is 23.8. The Balaban J connectivity index is 0.000000107. The van der Waals surface area contributed by atoms with E-state index in [0.717, 1.165) is 163 Å². The molecule has 3 saturated heterocycles. The van der Waals surface area contributed by atoms with Gasteiger partial charge in [0, 0.05) is 163 Å². The lowest BCUT2D eigenvalue weighted by molar-refractivity contribution is -0.242. The molecule has 0 unspecified atom stereocenters. The number of fused-ring (bicyclic) bond motifs is 15. The molecule has 146 heavy (non-hydrogen) atoms. The van der Waals surface area contributed by atoms with Gasteiger partial charge in [0.1, 0.15) is 34.8 Å². The lowest BCUT2D eigenvalue weighted by atomic mass is 9.54. The van der Waals surface area contributed by atoms with Crippen LogP contribution < -0.4 is 0 Å². The second-order valence-corrected chi connectivity index (χ2v) is 47.6. The van der Waals surface area contributed by atoms with Crippen LogP contribution in [0.1, 0.15) is 305 Å². The van der Waals surface area contributed by atoms with Crippen molar-refractivity contribution in [3.05, 3.63) is 265 Å². The Morgan fingerprint density at radius 3 is 1.14 bits per heavy atom. The van der Waals surface area contributed by atoms with Crippen molar-refractivity contribution >= 4 is 28.9 Å². The fourth-order valence-electron chi connectivity index (χ4n) is 31.5. The summed E-state index contributed by atoms with van der Waals surface area (Å²) in [5, 5.41) is 13.7. The normalized spacial score (nSPS) is 31.9. The summed E-state index contributed by atoms with van der Waals surface area (Å²) < 4.78 is 51.0. The molecule has 0 radical (unpaired) electrons. The molecule has 18 atom stereocenters. The molecule has 22 nitrogen and oxygen atoms in total. The fourth-order valence-corrected chi connectivity index (χ4v) is 31.5. The number of imidazole rings is 4. The molecule has 5 aromatic carbocycles. The van der Waals surface area contributed by atoms with Gasteiger partial charge >= 0.3 is 0 Å². The van der Waals surface area contributed by atoms with Crippen LogP contribution in [0.15, 0.2) is 156 Å². The second-order valence-electron chi connectivity index (χ2n) is 47.6. The number of Topliss-reactive ketones (excluding diaryl/α,β-unsaturated/α-hetero) is 5. The quantitative estimate of drug-likeness (QED) is 0.0921. The third-order valence-corrected chi connectivity index (χ3v) is 39.9. The van der Waals surface area contributed by atoms with Crippen molar-refractivity contribution in [3.63, 3.8) is 0 Å². The van der Waals surface area contributed by atoms with Crippen molar-refractivity contribution in [2.24, 2.45) is 75.9 Å². The first-order valence-electron chi connectivity index (χ1n) is 54.9. The van der Waals surface area contributed by atoms with Crippen molar-refractivity contribution in [2.75, 3.05) is 39.6 Å². The Labute approximate surface area is 863 Å². The van der Waals surface area contributed by atoms with E-state index in [1.54, 1.807) is 0 Å². The topological polar surface area (TPSA) is 258 Å². The number of carbonyl (C=O) groups excluding carboxylic acids is 5. The number of allylic oxidation sites excluding steroid dienone is 3. The number of aryl methyl sites for hydroxylation is 9. The van der Waals surface area contributed by atoms with Crippen LogP contribution in [0, 0.1) is 138 Å². The predicted molar refractivity (Wildman–Crippen MR) is 564 cm³/mol. The number of carbonyl (C=O) groups is 5. The lowest BCUT2D eigenvalue weighted by Gasteiger charge is -2.53. The first kappa shape index (κ1) is 103. The van der Waals surface area contributed by atoms with Crippen LogP contribution in [0.3, 0.4) is 0 Å². The molecule has 0 bridgehead atoms. The third-order valence-electron chi connectivity index (χ3n) is 39.9. The first-order chi connectivity index (χ1) is 69.7. The highest BCUT2D eigenvalue weighted by Gasteiger charge is 2.64. The number of aromatic nitrogens is 9. The third kappa shape index (κ3) is 16.9. The first-order valence-corrected chi connectivity index (χ1v) is 54.9. The molecular weight excluding hydrogens is 1820 g/mol. The average molecular weight is 1980 g/mol. The maximum absolute atomic E-state index is 13.4. The van der Waals surface area contributed by atoms with Gasteiger partial charge in [-0.2, -0.15) is 0 Å². The number of rotatable bonds is 6. The highest BCUT2D eigenvalue weighted by molar-refractivity contribution is 6.39. The Bertz CT molecular complexity index is 6770. The van der Waals surface area contributed by atoms with Gasteiger partial charge in [-0.1, -0.05) is 191 Å². The van der Waals surface area contributed by atoms with E-state index in [-0.39, 0.29) is 85.7 Å². The van der Waals surface area contributed by atoms with E-state index in [1.807, 2.05) is 20.0 Å².